The fourth-order valence-electron chi connectivity index (χ4n) is 2.64. The Morgan fingerprint density at radius 2 is 1.77 bits per heavy atom. The van der Waals surface area contributed by atoms with Gasteiger partial charge in [-0.15, -0.1) is 0 Å². The average molecular weight is 320 g/mol. The molecule has 0 heterocycles. The van der Waals surface area contributed by atoms with Gasteiger partial charge in [-0.25, -0.2) is 0 Å². The van der Waals surface area contributed by atoms with Gasteiger partial charge in [0, 0.05) is 4.90 Å². The van der Waals surface area contributed by atoms with E-state index in [4.69, 9.17) is 0 Å². The lowest BCUT2D eigenvalue weighted by Crippen LogP contribution is -2.32. The molecule has 0 amide bonds. The Hall–Kier alpha value is -1.15. The molecule has 1 aliphatic rings. The molecule has 2 rings (SSSR count). The number of benzene rings is 1. The van der Waals surface area contributed by atoms with Crippen molar-refractivity contribution >= 4 is 10.8 Å². The minimum Gasteiger partial charge on any atom is -0.378 e. The highest BCUT2D eigenvalue weighted by Crippen LogP contribution is 2.26. The predicted molar refractivity (Wildman–Crippen MR) is 88.8 cm³/mol. The Labute approximate surface area is 135 Å². The second-order valence-electron chi connectivity index (χ2n) is 6.27. The number of hydrogen-bond donors (Lipinski definition) is 2. The summed E-state index contributed by atoms with van der Waals surface area (Å²) in [6.07, 6.45) is 5.47. The van der Waals surface area contributed by atoms with Gasteiger partial charge >= 0.3 is 0 Å². The lowest BCUT2D eigenvalue weighted by molar-refractivity contribution is 0.0828. The van der Waals surface area contributed by atoms with E-state index >= 15 is 0 Å². The third-order valence-electron chi connectivity index (χ3n) is 3.91. The molecule has 0 aliphatic heterocycles. The van der Waals surface area contributed by atoms with Crippen molar-refractivity contribution in [2.75, 3.05) is 5.75 Å². The van der Waals surface area contributed by atoms with Gasteiger partial charge in [0.25, 0.3) is 0 Å². The van der Waals surface area contributed by atoms with Crippen LogP contribution in [0.1, 0.15) is 45.4 Å². The molecular weight excluding hydrogens is 296 g/mol. The van der Waals surface area contributed by atoms with Crippen LogP contribution in [0.15, 0.2) is 35.2 Å². The zero-order valence-corrected chi connectivity index (χ0v) is 13.9. The zero-order chi connectivity index (χ0) is 16.1. The summed E-state index contributed by atoms with van der Waals surface area (Å²) >= 11 is 0. The Kier molecular flexibility index (Phi) is 5.80. The van der Waals surface area contributed by atoms with Crippen molar-refractivity contribution in [2.45, 2.75) is 61.5 Å². The normalized spacial score (nSPS) is 21.8. The molecule has 0 spiro atoms. The molecular formula is C18H24O3S. The van der Waals surface area contributed by atoms with Crippen LogP contribution < -0.4 is 0 Å². The highest BCUT2D eigenvalue weighted by atomic mass is 32.2. The van der Waals surface area contributed by atoms with Gasteiger partial charge in [0.1, 0.15) is 11.2 Å². The number of hydrogen-bond acceptors (Lipinski definition) is 3. The first-order valence-electron chi connectivity index (χ1n) is 7.83. The van der Waals surface area contributed by atoms with Crippen LogP contribution in [0.4, 0.5) is 0 Å². The molecule has 2 atom stereocenters. The predicted octanol–water partition coefficient (Wildman–Crippen LogP) is 2.63. The van der Waals surface area contributed by atoms with Gasteiger partial charge < -0.3 is 10.2 Å². The molecule has 0 aromatic heterocycles. The van der Waals surface area contributed by atoms with Crippen LogP contribution in [0.25, 0.3) is 0 Å². The highest BCUT2D eigenvalue weighted by molar-refractivity contribution is 7.85. The monoisotopic (exact) mass is 320 g/mol. The summed E-state index contributed by atoms with van der Waals surface area (Å²) < 4.78 is 12.3. The zero-order valence-electron chi connectivity index (χ0n) is 13.0. The lowest BCUT2D eigenvalue weighted by Gasteiger charge is -2.21. The van der Waals surface area contributed by atoms with Crippen LogP contribution in [-0.2, 0) is 10.8 Å². The van der Waals surface area contributed by atoms with Crippen LogP contribution in [-0.4, -0.2) is 31.4 Å². The van der Waals surface area contributed by atoms with E-state index in [1.54, 1.807) is 19.1 Å². The fraction of sp³-hybridized carbons (Fsp3) is 0.556. The minimum absolute atomic E-state index is 0.0418. The third kappa shape index (κ3) is 5.24. The molecule has 1 aliphatic carbocycles. The van der Waals surface area contributed by atoms with Crippen LogP contribution in [0.2, 0.25) is 0 Å². The summed E-state index contributed by atoms with van der Waals surface area (Å²) in [7, 11) is -1.31. The smallest absolute Gasteiger partial charge is 0.134 e. The van der Waals surface area contributed by atoms with Crippen molar-refractivity contribution < 1.29 is 14.4 Å². The minimum atomic E-state index is -1.37. The molecule has 3 nitrogen and oxygen atoms in total. The van der Waals surface area contributed by atoms with Crippen molar-refractivity contribution in [1.82, 2.24) is 0 Å². The average Bonchev–Trinajstić information content (AvgIpc) is 2.71. The van der Waals surface area contributed by atoms with Crippen molar-refractivity contribution in [3.63, 3.8) is 0 Å². The van der Waals surface area contributed by atoms with E-state index in [1.807, 2.05) is 18.2 Å². The van der Waals surface area contributed by atoms with Crippen LogP contribution in [0.5, 0.6) is 0 Å². The summed E-state index contributed by atoms with van der Waals surface area (Å²) in [4.78, 5) is 0.678. The molecule has 22 heavy (non-hydrogen) atoms. The SMILES string of the molecule is CC(O)(C#CC1(O)CCCCCC1)CS(=O)c1ccccc1. The molecule has 1 fully saturated rings. The molecule has 1 aromatic rings. The summed E-state index contributed by atoms with van der Waals surface area (Å²) in [6, 6.07) is 9.06. The Morgan fingerprint density at radius 3 is 2.36 bits per heavy atom. The van der Waals surface area contributed by atoms with Gasteiger partial charge in [-0.2, -0.15) is 0 Å². The maximum absolute atomic E-state index is 12.3. The van der Waals surface area contributed by atoms with E-state index in [2.05, 4.69) is 11.8 Å². The first kappa shape index (κ1) is 17.2. The standard InChI is InChI=1S/C18H24O3S/c1-17(19,15-22(21)16-9-5-4-6-10-16)13-14-18(20)11-7-2-3-8-12-18/h4-6,9-10,19-20H,2-3,7-8,11-12,15H2,1H3. The van der Waals surface area contributed by atoms with Gasteiger partial charge in [-0.3, -0.25) is 4.21 Å². The lowest BCUT2D eigenvalue weighted by atomic mass is 9.94. The first-order chi connectivity index (χ1) is 10.4. The fourth-order valence-corrected chi connectivity index (χ4v) is 3.85. The van der Waals surface area contributed by atoms with Gasteiger partial charge in [0.15, 0.2) is 0 Å². The Bertz CT molecular complexity index is 561. The summed E-state index contributed by atoms with van der Waals surface area (Å²) in [5.41, 5.74) is -2.38. The summed E-state index contributed by atoms with van der Waals surface area (Å²) in [5.74, 6) is 5.66. The van der Waals surface area contributed by atoms with Crippen molar-refractivity contribution in [3.8, 4) is 11.8 Å². The maximum atomic E-state index is 12.3. The molecule has 4 heteroatoms. The second kappa shape index (κ2) is 7.41. The van der Waals surface area contributed by atoms with Crippen LogP contribution >= 0.6 is 0 Å². The molecule has 1 saturated carbocycles. The van der Waals surface area contributed by atoms with Gasteiger partial charge in [0.05, 0.1) is 16.6 Å². The van der Waals surface area contributed by atoms with Crippen molar-refractivity contribution in [1.29, 1.82) is 0 Å². The van der Waals surface area contributed by atoms with Gasteiger partial charge in [-0.05, 0) is 44.7 Å². The molecule has 0 saturated heterocycles. The molecule has 120 valence electrons. The maximum Gasteiger partial charge on any atom is 0.134 e. The Balaban J connectivity index is 2.04. The van der Waals surface area contributed by atoms with E-state index in [1.165, 1.54) is 0 Å². The van der Waals surface area contributed by atoms with Gasteiger partial charge in [0.2, 0.25) is 0 Å². The second-order valence-corrected chi connectivity index (χ2v) is 7.72. The molecule has 0 radical (unpaired) electrons. The molecule has 0 bridgehead atoms. The largest absolute Gasteiger partial charge is 0.378 e. The quantitative estimate of drug-likeness (QED) is 0.665. The molecule has 2 N–H and O–H groups in total. The highest BCUT2D eigenvalue weighted by Gasteiger charge is 2.28. The van der Waals surface area contributed by atoms with E-state index in [9.17, 15) is 14.4 Å². The molecule has 1 aromatic carbocycles. The third-order valence-corrected chi connectivity index (χ3v) is 5.54. The van der Waals surface area contributed by atoms with Crippen LogP contribution in [0, 0.1) is 11.8 Å². The first-order valence-corrected chi connectivity index (χ1v) is 9.15. The van der Waals surface area contributed by atoms with Gasteiger partial charge in [-0.1, -0.05) is 42.9 Å². The summed E-state index contributed by atoms with van der Waals surface area (Å²) in [5, 5.41) is 20.9. The number of rotatable bonds is 3. The van der Waals surface area contributed by atoms with E-state index < -0.39 is 22.0 Å². The summed E-state index contributed by atoms with van der Waals surface area (Å²) in [6.45, 7) is 1.56. The topological polar surface area (TPSA) is 57.5 Å². The molecule has 2 unspecified atom stereocenters. The Morgan fingerprint density at radius 1 is 1.18 bits per heavy atom. The van der Waals surface area contributed by atoms with E-state index in [0.29, 0.717) is 17.7 Å². The van der Waals surface area contributed by atoms with E-state index in [-0.39, 0.29) is 5.75 Å². The van der Waals surface area contributed by atoms with Crippen LogP contribution in [0.3, 0.4) is 0 Å². The number of aliphatic hydroxyl groups is 2. The van der Waals surface area contributed by atoms with E-state index in [0.717, 1.165) is 25.7 Å². The van der Waals surface area contributed by atoms with Crippen molar-refractivity contribution in [3.05, 3.63) is 30.3 Å². The van der Waals surface area contributed by atoms with Crippen molar-refractivity contribution in [2.24, 2.45) is 0 Å².